The van der Waals surface area contributed by atoms with Gasteiger partial charge in [-0.05, 0) is 48.9 Å². The molecular weight excluding hydrogens is 355 g/mol. The number of ketones is 1. The second kappa shape index (κ2) is 7.23. The molecule has 0 saturated carbocycles. The first kappa shape index (κ1) is 18.0. The first-order valence-corrected chi connectivity index (χ1v) is 9.38. The third-order valence-electron chi connectivity index (χ3n) is 3.92. The number of aryl methyl sites for hydroxylation is 1. The number of carbonyl (C=O) groups excluding carboxylic acids is 1. The topological polar surface area (TPSA) is 75.3 Å². The zero-order chi connectivity index (χ0) is 18.7. The number of hydrogen-bond donors (Lipinski definition) is 2. The Kier molecular flexibility index (Phi) is 5.01. The van der Waals surface area contributed by atoms with Gasteiger partial charge in [0, 0.05) is 17.3 Å². The Morgan fingerprint density at radius 3 is 2.42 bits per heavy atom. The molecule has 0 fully saturated rings. The van der Waals surface area contributed by atoms with Crippen LogP contribution in [-0.2, 0) is 10.0 Å². The largest absolute Gasteiger partial charge is 0.371 e. The van der Waals surface area contributed by atoms with Gasteiger partial charge in [0.1, 0.15) is 12.0 Å². The highest BCUT2D eigenvalue weighted by Gasteiger charge is 2.22. The summed E-state index contributed by atoms with van der Waals surface area (Å²) in [7, 11) is -3.70. The lowest BCUT2D eigenvalue weighted by Gasteiger charge is -2.20. The van der Waals surface area contributed by atoms with Gasteiger partial charge in [0.2, 0.25) is 10.0 Å². The summed E-state index contributed by atoms with van der Waals surface area (Å²) in [5, 5.41) is 2.84. The maximum Gasteiger partial charge on any atom is 0.242 e. The van der Waals surface area contributed by atoms with Gasteiger partial charge in [-0.2, -0.15) is 4.72 Å². The van der Waals surface area contributed by atoms with Crippen LogP contribution in [0.1, 0.15) is 15.9 Å². The molecule has 1 heterocycles. The molecule has 0 bridgehead atoms. The molecule has 7 heteroatoms. The van der Waals surface area contributed by atoms with E-state index in [2.05, 4.69) is 10.0 Å². The lowest BCUT2D eigenvalue weighted by atomic mass is 10.0. The summed E-state index contributed by atoms with van der Waals surface area (Å²) in [5.41, 5.74) is 1.34. The first-order valence-electron chi connectivity index (χ1n) is 7.89. The number of nitrogens with one attached hydrogen (secondary N) is 2. The molecule has 26 heavy (non-hydrogen) atoms. The fourth-order valence-corrected chi connectivity index (χ4v) is 3.91. The summed E-state index contributed by atoms with van der Waals surface area (Å²) in [4.78, 5) is 12.5. The molecule has 134 valence electrons. The van der Waals surface area contributed by atoms with Crippen LogP contribution in [0.25, 0.3) is 0 Å². The lowest BCUT2D eigenvalue weighted by Crippen LogP contribution is -2.43. The number of sulfonamides is 1. The fraction of sp³-hybridized carbons (Fsp3) is 0.105. The minimum atomic E-state index is -3.70. The molecule has 2 aromatic rings. The third-order valence-corrected chi connectivity index (χ3v) is 5.52. The molecule has 0 spiro atoms. The molecule has 0 radical (unpaired) electrons. The van der Waals surface area contributed by atoms with Crippen LogP contribution < -0.4 is 10.0 Å². The molecule has 5 nitrogen and oxygen atoms in total. The number of Topliss-reactive ketones (excluding diaryl/α,β-unsaturated/α-hetero) is 1. The van der Waals surface area contributed by atoms with E-state index in [1.165, 1.54) is 42.6 Å². The summed E-state index contributed by atoms with van der Waals surface area (Å²) in [5.74, 6) is -0.701. The third kappa shape index (κ3) is 3.89. The Hall–Kier alpha value is -2.77. The lowest BCUT2D eigenvalue weighted by molar-refractivity contribution is 0.103. The van der Waals surface area contributed by atoms with Crippen LogP contribution in [-0.4, -0.2) is 20.4 Å². The van der Waals surface area contributed by atoms with Crippen molar-refractivity contribution in [2.75, 3.05) is 0 Å². The van der Waals surface area contributed by atoms with Crippen molar-refractivity contribution in [3.8, 4) is 0 Å². The molecule has 1 aliphatic heterocycles. The summed E-state index contributed by atoms with van der Waals surface area (Å²) in [6, 6.07) is 11.9. The van der Waals surface area contributed by atoms with E-state index in [1.807, 2.05) is 0 Å². The van der Waals surface area contributed by atoms with E-state index in [0.717, 1.165) is 0 Å². The van der Waals surface area contributed by atoms with Gasteiger partial charge in [-0.1, -0.05) is 24.3 Å². The molecule has 2 aromatic carbocycles. The maximum atomic E-state index is 13.0. The number of halogens is 1. The number of allylic oxidation sites excluding steroid dienone is 2. The van der Waals surface area contributed by atoms with E-state index in [-0.39, 0.29) is 10.7 Å². The van der Waals surface area contributed by atoms with Gasteiger partial charge < -0.3 is 5.32 Å². The van der Waals surface area contributed by atoms with Crippen molar-refractivity contribution in [3.63, 3.8) is 0 Å². The fourth-order valence-electron chi connectivity index (χ4n) is 2.55. The van der Waals surface area contributed by atoms with Crippen molar-refractivity contribution in [2.45, 2.75) is 18.0 Å². The zero-order valence-corrected chi connectivity index (χ0v) is 14.8. The average molecular weight is 372 g/mol. The Labute approximate surface area is 151 Å². The number of carbonyl (C=O) groups is 1. The van der Waals surface area contributed by atoms with Gasteiger partial charge in [0.15, 0.2) is 5.78 Å². The molecular formula is C19H17FN2O3S. The molecule has 1 atom stereocenters. The van der Waals surface area contributed by atoms with Crippen molar-refractivity contribution in [1.82, 2.24) is 10.0 Å². The van der Waals surface area contributed by atoms with Gasteiger partial charge in [-0.25, -0.2) is 12.8 Å². The van der Waals surface area contributed by atoms with Crippen molar-refractivity contribution in [2.24, 2.45) is 0 Å². The molecule has 0 aliphatic carbocycles. The Bertz CT molecular complexity index is 996. The highest BCUT2D eigenvalue weighted by molar-refractivity contribution is 7.89. The highest BCUT2D eigenvalue weighted by Crippen LogP contribution is 2.16. The molecule has 0 saturated heterocycles. The Morgan fingerprint density at radius 2 is 1.81 bits per heavy atom. The minimum Gasteiger partial charge on any atom is -0.371 e. The van der Waals surface area contributed by atoms with Crippen LogP contribution in [0.4, 0.5) is 4.39 Å². The summed E-state index contributed by atoms with van der Waals surface area (Å²) in [6.45, 7) is 1.72. The van der Waals surface area contributed by atoms with Crippen molar-refractivity contribution < 1.29 is 17.6 Å². The van der Waals surface area contributed by atoms with Crippen molar-refractivity contribution in [1.29, 1.82) is 0 Å². The predicted molar refractivity (Wildman–Crippen MR) is 96.4 cm³/mol. The maximum absolute atomic E-state index is 13.0. The number of dihydropyridines is 1. The van der Waals surface area contributed by atoms with E-state index >= 15 is 0 Å². The van der Waals surface area contributed by atoms with Gasteiger partial charge in [-0.3, -0.25) is 4.79 Å². The Balaban J connectivity index is 1.70. The van der Waals surface area contributed by atoms with Crippen LogP contribution in [0.15, 0.2) is 77.4 Å². The monoisotopic (exact) mass is 372 g/mol. The first-order chi connectivity index (χ1) is 12.4. The van der Waals surface area contributed by atoms with Gasteiger partial charge in [0.25, 0.3) is 0 Å². The second-order valence-electron chi connectivity index (χ2n) is 5.83. The van der Waals surface area contributed by atoms with Crippen LogP contribution in [0.2, 0.25) is 0 Å². The smallest absolute Gasteiger partial charge is 0.242 e. The molecule has 1 aliphatic rings. The Morgan fingerprint density at radius 1 is 1.12 bits per heavy atom. The van der Waals surface area contributed by atoms with Gasteiger partial charge in [-0.15, -0.1) is 0 Å². The second-order valence-corrected chi connectivity index (χ2v) is 7.51. The molecule has 0 aromatic heterocycles. The van der Waals surface area contributed by atoms with E-state index in [1.54, 1.807) is 31.2 Å². The van der Waals surface area contributed by atoms with E-state index < -0.39 is 22.0 Å². The number of rotatable bonds is 5. The summed E-state index contributed by atoms with van der Waals surface area (Å²) < 4.78 is 40.4. The number of benzene rings is 2. The quantitative estimate of drug-likeness (QED) is 0.792. The SMILES string of the molecule is Cc1ccccc1S(=O)(=O)NC1C=CC(C(=O)c2ccc(F)cc2)=CN1. The highest BCUT2D eigenvalue weighted by atomic mass is 32.2. The van der Waals surface area contributed by atoms with Crippen molar-refractivity contribution in [3.05, 3.63) is 89.4 Å². The van der Waals surface area contributed by atoms with E-state index in [4.69, 9.17) is 0 Å². The van der Waals surface area contributed by atoms with Crippen LogP contribution >= 0.6 is 0 Å². The van der Waals surface area contributed by atoms with Gasteiger partial charge >= 0.3 is 0 Å². The van der Waals surface area contributed by atoms with Crippen LogP contribution in [0, 0.1) is 12.7 Å². The molecule has 3 rings (SSSR count). The predicted octanol–water partition coefficient (Wildman–Crippen LogP) is 2.66. The summed E-state index contributed by atoms with van der Waals surface area (Å²) in [6.07, 6.45) is 3.85. The molecule has 1 unspecified atom stereocenters. The minimum absolute atomic E-state index is 0.201. The average Bonchev–Trinajstić information content (AvgIpc) is 2.62. The van der Waals surface area contributed by atoms with E-state index in [0.29, 0.717) is 16.7 Å². The van der Waals surface area contributed by atoms with Crippen LogP contribution in [0.5, 0.6) is 0 Å². The van der Waals surface area contributed by atoms with Crippen LogP contribution in [0.3, 0.4) is 0 Å². The van der Waals surface area contributed by atoms with E-state index in [9.17, 15) is 17.6 Å². The molecule has 2 N–H and O–H groups in total. The van der Waals surface area contributed by atoms with Gasteiger partial charge in [0.05, 0.1) is 4.90 Å². The van der Waals surface area contributed by atoms with Crippen molar-refractivity contribution >= 4 is 15.8 Å². The zero-order valence-electron chi connectivity index (χ0n) is 13.9. The summed E-state index contributed by atoms with van der Waals surface area (Å²) >= 11 is 0. The standard InChI is InChI=1S/C19H17FN2O3S/c1-13-4-2-3-5-17(13)26(24,25)22-18-11-8-15(12-21-18)19(23)14-6-9-16(20)10-7-14/h2-12,18,21-22H,1H3. The normalized spacial score (nSPS) is 16.7. The molecule has 0 amide bonds. The number of hydrogen-bond acceptors (Lipinski definition) is 4.